The lowest BCUT2D eigenvalue weighted by atomic mass is 10.1. The van der Waals surface area contributed by atoms with Gasteiger partial charge in [0.2, 0.25) is 0 Å². The molecule has 0 radical (unpaired) electrons. The number of aliphatic carboxylic acids is 1. The zero-order chi connectivity index (χ0) is 9.14. The third-order valence-corrected chi connectivity index (χ3v) is 1.86. The minimum atomic E-state index is -1.33. The standard InChI is InChI=1S/C6H9N3O3/c7-9-8-4(6(11)12)5(10)3-1-2-3/h3-5,10H,1-2H2,(H,11,12)/t4-,5-/m0/s1. The molecule has 0 unspecified atom stereocenters. The van der Waals surface area contributed by atoms with E-state index in [1.807, 2.05) is 0 Å². The predicted octanol–water partition coefficient (Wildman–Crippen LogP) is 0.521. The van der Waals surface area contributed by atoms with Crippen molar-refractivity contribution in [2.75, 3.05) is 0 Å². The predicted molar refractivity (Wildman–Crippen MR) is 39.3 cm³/mol. The van der Waals surface area contributed by atoms with E-state index in [9.17, 15) is 9.90 Å². The van der Waals surface area contributed by atoms with Gasteiger partial charge in [-0.1, -0.05) is 5.11 Å². The molecule has 1 aliphatic rings. The van der Waals surface area contributed by atoms with E-state index in [2.05, 4.69) is 10.0 Å². The van der Waals surface area contributed by atoms with Crippen LogP contribution in [0, 0.1) is 5.92 Å². The number of carboxylic acid groups (broad SMARTS) is 1. The first-order chi connectivity index (χ1) is 5.66. The van der Waals surface area contributed by atoms with Gasteiger partial charge < -0.3 is 10.2 Å². The van der Waals surface area contributed by atoms with Crippen molar-refractivity contribution in [1.29, 1.82) is 0 Å². The van der Waals surface area contributed by atoms with Gasteiger partial charge in [-0.05, 0) is 24.3 Å². The molecule has 0 saturated heterocycles. The molecule has 6 heteroatoms. The fourth-order valence-corrected chi connectivity index (χ4v) is 1.01. The van der Waals surface area contributed by atoms with E-state index in [1.165, 1.54) is 0 Å². The molecule has 66 valence electrons. The minimum absolute atomic E-state index is 0.00315. The van der Waals surface area contributed by atoms with Crippen LogP contribution in [0.15, 0.2) is 5.11 Å². The molecular weight excluding hydrogens is 162 g/mol. The largest absolute Gasteiger partial charge is 0.481 e. The van der Waals surface area contributed by atoms with Gasteiger partial charge in [-0.25, -0.2) is 0 Å². The number of azide groups is 1. The van der Waals surface area contributed by atoms with Crippen molar-refractivity contribution >= 4 is 5.97 Å². The van der Waals surface area contributed by atoms with Crippen LogP contribution in [0.5, 0.6) is 0 Å². The highest BCUT2D eigenvalue weighted by molar-refractivity contribution is 5.74. The molecule has 0 aromatic heterocycles. The van der Waals surface area contributed by atoms with Gasteiger partial charge >= 0.3 is 5.97 Å². The molecule has 12 heavy (non-hydrogen) atoms. The molecule has 1 saturated carbocycles. The lowest BCUT2D eigenvalue weighted by molar-refractivity contribution is -0.141. The summed E-state index contributed by atoms with van der Waals surface area (Å²) < 4.78 is 0. The molecule has 1 fully saturated rings. The highest BCUT2D eigenvalue weighted by atomic mass is 16.4. The molecule has 0 spiro atoms. The summed E-state index contributed by atoms with van der Waals surface area (Å²) in [6, 6.07) is -1.33. The van der Waals surface area contributed by atoms with Crippen LogP contribution in [0.4, 0.5) is 0 Å². The lowest BCUT2D eigenvalue weighted by Crippen LogP contribution is -2.33. The molecule has 0 heterocycles. The molecule has 2 N–H and O–H groups in total. The Labute approximate surface area is 68.4 Å². The first-order valence-corrected chi connectivity index (χ1v) is 3.62. The Kier molecular flexibility index (Phi) is 2.52. The lowest BCUT2D eigenvalue weighted by Gasteiger charge is -2.12. The summed E-state index contributed by atoms with van der Waals surface area (Å²) >= 11 is 0. The smallest absolute Gasteiger partial charge is 0.315 e. The number of carboxylic acids is 1. The van der Waals surface area contributed by atoms with E-state index in [4.69, 9.17) is 10.6 Å². The maximum Gasteiger partial charge on any atom is 0.315 e. The van der Waals surface area contributed by atoms with Crippen molar-refractivity contribution in [1.82, 2.24) is 0 Å². The number of aliphatic hydroxyl groups excluding tert-OH is 1. The molecular formula is C6H9N3O3. The van der Waals surface area contributed by atoms with Crippen LogP contribution < -0.4 is 0 Å². The van der Waals surface area contributed by atoms with Gasteiger partial charge in [-0.2, -0.15) is 0 Å². The summed E-state index contributed by atoms with van der Waals surface area (Å²) in [6.45, 7) is 0. The second kappa shape index (κ2) is 3.42. The number of nitrogens with zero attached hydrogens (tertiary/aromatic N) is 3. The molecule has 0 amide bonds. The van der Waals surface area contributed by atoms with E-state index in [-0.39, 0.29) is 5.92 Å². The summed E-state index contributed by atoms with van der Waals surface area (Å²) in [5.41, 5.74) is 8.02. The van der Waals surface area contributed by atoms with Crippen LogP contribution in [0.1, 0.15) is 12.8 Å². The summed E-state index contributed by atoms with van der Waals surface area (Å²) in [6.07, 6.45) is 0.594. The fourth-order valence-electron chi connectivity index (χ4n) is 1.01. The molecule has 1 aliphatic carbocycles. The third-order valence-electron chi connectivity index (χ3n) is 1.86. The zero-order valence-electron chi connectivity index (χ0n) is 6.29. The molecule has 0 aliphatic heterocycles. The van der Waals surface area contributed by atoms with Crippen molar-refractivity contribution in [3.8, 4) is 0 Å². The summed E-state index contributed by atoms with van der Waals surface area (Å²) in [5, 5.41) is 20.8. The van der Waals surface area contributed by atoms with E-state index < -0.39 is 18.1 Å². The normalized spacial score (nSPS) is 20.8. The van der Waals surface area contributed by atoms with Gasteiger partial charge in [0.1, 0.15) is 0 Å². The maximum atomic E-state index is 10.4. The van der Waals surface area contributed by atoms with Crippen LogP contribution in [0.25, 0.3) is 10.4 Å². The van der Waals surface area contributed by atoms with Gasteiger partial charge in [0.25, 0.3) is 0 Å². The van der Waals surface area contributed by atoms with Crippen molar-refractivity contribution in [3.63, 3.8) is 0 Å². The van der Waals surface area contributed by atoms with Gasteiger partial charge in [0, 0.05) is 4.91 Å². The number of aliphatic hydroxyl groups is 1. The minimum Gasteiger partial charge on any atom is -0.481 e. The Morgan fingerprint density at radius 2 is 2.25 bits per heavy atom. The van der Waals surface area contributed by atoms with Crippen LogP contribution in [0.2, 0.25) is 0 Å². The second-order valence-electron chi connectivity index (χ2n) is 2.82. The molecule has 6 nitrogen and oxygen atoms in total. The average molecular weight is 171 g/mol. The SMILES string of the molecule is [N-]=[N+]=N[C@H](C(=O)O)[C@@H](O)C1CC1. The second-order valence-corrected chi connectivity index (χ2v) is 2.82. The molecule has 0 bridgehead atoms. The van der Waals surface area contributed by atoms with Crippen molar-refractivity contribution in [2.24, 2.45) is 11.0 Å². The summed E-state index contributed by atoms with van der Waals surface area (Å²) in [4.78, 5) is 12.8. The average Bonchev–Trinajstić information content (AvgIpc) is 2.80. The quantitative estimate of drug-likeness (QED) is 0.365. The van der Waals surface area contributed by atoms with Gasteiger partial charge in [-0.15, -0.1) is 0 Å². The van der Waals surface area contributed by atoms with Crippen LogP contribution in [0.3, 0.4) is 0 Å². The highest BCUT2D eigenvalue weighted by Crippen LogP contribution is 2.34. The van der Waals surface area contributed by atoms with Crippen LogP contribution in [-0.2, 0) is 4.79 Å². The summed E-state index contributed by atoms with van der Waals surface area (Å²) in [7, 11) is 0. The van der Waals surface area contributed by atoms with E-state index in [0.717, 1.165) is 12.8 Å². The Balaban J connectivity index is 2.62. The van der Waals surface area contributed by atoms with Crippen LogP contribution in [-0.4, -0.2) is 28.3 Å². The monoisotopic (exact) mass is 171 g/mol. The topological polar surface area (TPSA) is 106 Å². The fraction of sp³-hybridized carbons (Fsp3) is 0.833. The first kappa shape index (κ1) is 8.83. The maximum absolute atomic E-state index is 10.4. The number of hydrogen-bond acceptors (Lipinski definition) is 3. The zero-order valence-corrected chi connectivity index (χ0v) is 6.29. The Morgan fingerprint density at radius 1 is 1.67 bits per heavy atom. The Morgan fingerprint density at radius 3 is 2.58 bits per heavy atom. The number of carbonyl (C=O) groups is 1. The van der Waals surface area contributed by atoms with E-state index in [0.29, 0.717) is 0 Å². The first-order valence-electron chi connectivity index (χ1n) is 3.62. The number of rotatable bonds is 4. The van der Waals surface area contributed by atoms with Crippen molar-refractivity contribution in [2.45, 2.75) is 25.0 Å². The molecule has 0 aromatic carbocycles. The van der Waals surface area contributed by atoms with E-state index >= 15 is 0 Å². The van der Waals surface area contributed by atoms with E-state index in [1.54, 1.807) is 0 Å². The molecule has 1 rings (SSSR count). The molecule has 0 aromatic rings. The van der Waals surface area contributed by atoms with Crippen molar-refractivity contribution in [3.05, 3.63) is 10.4 Å². The number of hydrogen-bond donors (Lipinski definition) is 2. The van der Waals surface area contributed by atoms with Gasteiger partial charge in [0.15, 0.2) is 6.04 Å². The van der Waals surface area contributed by atoms with Crippen LogP contribution >= 0.6 is 0 Å². The Hall–Kier alpha value is -1.26. The van der Waals surface area contributed by atoms with Gasteiger partial charge in [-0.3, -0.25) is 4.79 Å². The summed E-state index contributed by atoms with van der Waals surface area (Å²) in [5.74, 6) is -1.27. The Bertz CT molecular complexity index is 230. The third kappa shape index (κ3) is 1.87. The van der Waals surface area contributed by atoms with Crippen molar-refractivity contribution < 1.29 is 15.0 Å². The van der Waals surface area contributed by atoms with Gasteiger partial charge in [0.05, 0.1) is 6.10 Å². The highest BCUT2D eigenvalue weighted by Gasteiger charge is 2.38. The molecule has 2 atom stereocenters.